The number of amides is 1. The highest BCUT2D eigenvalue weighted by Gasteiger charge is 2.24. The predicted molar refractivity (Wildman–Crippen MR) is 149 cm³/mol. The standard InChI is InChI=1S/C29H48N4O5/c1-6-21(7-2)19-25(34)32-24(28(36)37)15-18-33(20-26(35)38-29(3,4)5)17-9-8-12-23-14-13-22-11-10-16-30-27(22)31-23/h13-14,21,24H,6-12,15-20H2,1-5H3,(H,30,31)(H,32,34)(H,36,37). The monoisotopic (exact) mass is 532 g/mol. The lowest BCUT2D eigenvalue weighted by Crippen LogP contribution is -2.44. The topological polar surface area (TPSA) is 121 Å². The minimum Gasteiger partial charge on any atom is -0.480 e. The molecule has 1 unspecified atom stereocenters. The van der Waals surface area contributed by atoms with Crippen molar-refractivity contribution in [1.29, 1.82) is 0 Å². The van der Waals surface area contributed by atoms with E-state index in [0.29, 0.717) is 19.5 Å². The van der Waals surface area contributed by atoms with Gasteiger partial charge in [0, 0.05) is 25.2 Å². The highest BCUT2D eigenvalue weighted by Crippen LogP contribution is 2.20. The van der Waals surface area contributed by atoms with Crippen LogP contribution >= 0.6 is 0 Å². The number of carbonyl (C=O) groups is 3. The number of carbonyl (C=O) groups excluding carboxylic acids is 2. The van der Waals surface area contributed by atoms with Crippen LogP contribution in [0.1, 0.15) is 90.8 Å². The van der Waals surface area contributed by atoms with Gasteiger partial charge in [-0.15, -0.1) is 0 Å². The van der Waals surface area contributed by atoms with E-state index < -0.39 is 17.6 Å². The number of carboxylic acid groups (broad SMARTS) is 1. The second-order valence-corrected chi connectivity index (χ2v) is 11.3. The van der Waals surface area contributed by atoms with Crippen molar-refractivity contribution in [2.75, 3.05) is 31.5 Å². The summed E-state index contributed by atoms with van der Waals surface area (Å²) in [7, 11) is 0. The van der Waals surface area contributed by atoms with E-state index in [1.54, 1.807) is 0 Å². The molecule has 2 heterocycles. The lowest BCUT2D eigenvalue weighted by Gasteiger charge is -2.26. The number of anilines is 1. The van der Waals surface area contributed by atoms with E-state index in [0.717, 1.165) is 63.0 Å². The summed E-state index contributed by atoms with van der Waals surface area (Å²) in [5.41, 5.74) is 1.72. The van der Waals surface area contributed by atoms with Crippen LogP contribution in [0.2, 0.25) is 0 Å². The van der Waals surface area contributed by atoms with E-state index in [1.807, 2.05) is 39.5 Å². The zero-order chi connectivity index (χ0) is 28.1. The molecule has 1 amide bonds. The van der Waals surface area contributed by atoms with Crippen molar-refractivity contribution in [2.24, 2.45) is 5.92 Å². The van der Waals surface area contributed by atoms with Crippen molar-refractivity contribution in [3.63, 3.8) is 0 Å². The Morgan fingerprint density at radius 3 is 2.55 bits per heavy atom. The third-order valence-electron chi connectivity index (χ3n) is 6.88. The Hall–Kier alpha value is -2.68. The molecule has 214 valence electrons. The quantitative estimate of drug-likeness (QED) is 0.214. The van der Waals surface area contributed by atoms with Crippen molar-refractivity contribution in [2.45, 2.75) is 104 Å². The van der Waals surface area contributed by atoms with Crippen molar-refractivity contribution in [1.82, 2.24) is 15.2 Å². The van der Waals surface area contributed by atoms with E-state index >= 15 is 0 Å². The number of unbranched alkanes of at least 4 members (excludes halogenated alkanes) is 1. The van der Waals surface area contributed by atoms with E-state index in [1.165, 1.54) is 5.56 Å². The maximum Gasteiger partial charge on any atom is 0.326 e. The number of ether oxygens (including phenoxy) is 1. The van der Waals surface area contributed by atoms with Crippen LogP contribution in [-0.2, 0) is 32.0 Å². The Morgan fingerprint density at radius 2 is 1.89 bits per heavy atom. The molecule has 1 aliphatic heterocycles. The van der Waals surface area contributed by atoms with Gasteiger partial charge < -0.3 is 20.5 Å². The normalized spacial score (nSPS) is 14.1. The Morgan fingerprint density at radius 1 is 1.16 bits per heavy atom. The maximum absolute atomic E-state index is 12.5. The molecular formula is C29H48N4O5. The molecule has 0 radical (unpaired) electrons. The smallest absolute Gasteiger partial charge is 0.326 e. The number of aryl methyl sites for hydroxylation is 2. The summed E-state index contributed by atoms with van der Waals surface area (Å²) in [6, 6.07) is 3.25. The number of pyridine rings is 1. The molecule has 1 aliphatic rings. The number of hydrogen-bond acceptors (Lipinski definition) is 7. The Balaban J connectivity index is 1.92. The zero-order valence-electron chi connectivity index (χ0n) is 24.0. The lowest BCUT2D eigenvalue weighted by molar-refractivity contribution is -0.156. The van der Waals surface area contributed by atoms with E-state index in [4.69, 9.17) is 9.72 Å². The summed E-state index contributed by atoms with van der Waals surface area (Å²) < 4.78 is 5.50. The van der Waals surface area contributed by atoms with E-state index in [-0.39, 0.29) is 30.8 Å². The molecule has 0 saturated heterocycles. The van der Waals surface area contributed by atoms with Gasteiger partial charge in [0.2, 0.25) is 5.91 Å². The summed E-state index contributed by atoms with van der Waals surface area (Å²) in [4.78, 5) is 43.5. The van der Waals surface area contributed by atoms with Gasteiger partial charge in [-0.25, -0.2) is 9.78 Å². The summed E-state index contributed by atoms with van der Waals surface area (Å²) in [6.07, 6.45) is 7.04. The lowest BCUT2D eigenvalue weighted by atomic mass is 9.99. The number of aliphatic carboxylic acids is 1. The first-order chi connectivity index (χ1) is 18.0. The summed E-state index contributed by atoms with van der Waals surface area (Å²) in [5, 5.41) is 15.8. The predicted octanol–water partition coefficient (Wildman–Crippen LogP) is 4.19. The number of fused-ring (bicyclic) bond motifs is 1. The Labute approximate surface area is 228 Å². The van der Waals surface area contributed by atoms with Crippen molar-refractivity contribution >= 4 is 23.7 Å². The molecule has 1 aromatic heterocycles. The molecule has 3 N–H and O–H groups in total. The van der Waals surface area contributed by atoms with Gasteiger partial charge >= 0.3 is 11.9 Å². The maximum atomic E-state index is 12.5. The largest absolute Gasteiger partial charge is 0.480 e. The minimum absolute atomic E-state index is 0.0757. The minimum atomic E-state index is -1.06. The number of rotatable bonds is 16. The van der Waals surface area contributed by atoms with Crippen LogP contribution in [0.4, 0.5) is 5.82 Å². The van der Waals surface area contributed by atoms with Crippen LogP contribution in [0.3, 0.4) is 0 Å². The molecule has 0 aliphatic carbocycles. The summed E-state index contributed by atoms with van der Waals surface area (Å²) in [6.45, 7) is 11.6. The highest BCUT2D eigenvalue weighted by molar-refractivity contribution is 5.83. The van der Waals surface area contributed by atoms with E-state index in [2.05, 4.69) is 22.8 Å². The molecule has 1 atom stereocenters. The van der Waals surface area contributed by atoms with Gasteiger partial charge in [0.25, 0.3) is 0 Å². The molecule has 0 saturated carbocycles. The van der Waals surface area contributed by atoms with Gasteiger partial charge in [-0.05, 0) is 83.4 Å². The Bertz CT molecular complexity index is 911. The second kappa shape index (κ2) is 15.7. The van der Waals surface area contributed by atoms with Gasteiger partial charge in [0.05, 0.1) is 6.54 Å². The van der Waals surface area contributed by atoms with Crippen LogP contribution in [0.5, 0.6) is 0 Å². The van der Waals surface area contributed by atoms with Crippen LogP contribution in [0, 0.1) is 5.92 Å². The van der Waals surface area contributed by atoms with E-state index in [9.17, 15) is 19.5 Å². The Kier molecular flexibility index (Phi) is 13.0. The first-order valence-electron chi connectivity index (χ1n) is 14.2. The average Bonchev–Trinajstić information content (AvgIpc) is 2.85. The van der Waals surface area contributed by atoms with Crippen LogP contribution in [0.25, 0.3) is 0 Å². The van der Waals surface area contributed by atoms with Crippen LogP contribution in [-0.4, -0.2) is 70.7 Å². The number of esters is 1. The summed E-state index contributed by atoms with van der Waals surface area (Å²) in [5.74, 6) is -0.409. The number of nitrogens with zero attached hydrogens (tertiary/aromatic N) is 2. The average molecular weight is 533 g/mol. The fraction of sp³-hybridized carbons (Fsp3) is 0.724. The molecule has 9 nitrogen and oxygen atoms in total. The molecule has 0 spiro atoms. The number of aromatic nitrogens is 1. The second-order valence-electron chi connectivity index (χ2n) is 11.3. The molecule has 2 rings (SSSR count). The van der Waals surface area contributed by atoms with Gasteiger partial charge in [0.15, 0.2) is 0 Å². The third-order valence-corrected chi connectivity index (χ3v) is 6.88. The molecule has 9 heteroatoms. The summed E-state index contributed by atoms with van der Waals surface area (Å²) >= 11 is 0. The van der Waals surface area contributed by atoms with Crippen molar-refractivity contribution in [3.05, 3.63) is 23.4 Å². The zero-order valence-corrected chi connectivity index (χ0v) is 24.0. The van der Waals surface area contributed by atoms with Gasteiger partial charge in [0.1, 0.15) is 17.5 Å². The van der Waals surface area contributed by atoms with Crippen molar-refractivity contribution in [3.8, 4) is 0 Å². The number of nitrogens with one attached hydrogen (secondary N) is 2. The van der Waals surface area contributed by atoms with Gasteiger partial charge in [-0.3, -0.25) is 14.5 Å². The first kappa shape index (κ1) is 31.5. The fourth-order valence-corrected chi connectivity index (χ4v) is 4.64. The molecule has 0 fully saturated rings. The van der Waals surface area contributed by atoms with Crippen molar-refractivity contribution < 1.29 is 24.2 Å². The molecule has 1 aromatic rings. The molecular weight excluding hydrogens is 484 g/mol. The van der Waals surface area contributed by atoms with Gasteiger partial charge in [-0.2, -0.15) is 0 Å². The number of hydrogen-bond donors (Lipinski definition) is 3. The fourth-order valence-electron chi connectivity index (χ4n) is 4.64. The highest BCUT2D eigenvalue weighted by atomic mass is 16.6. The first-order valence-corrected chi connectivity index (χ1v) is 14.2. The molecule has 0 aromatic carbocycles. The molecule has 38 heavy (non-hydrogen) atoms. The van der Waals surface area contributed by atoms with Gasteiger partial charge in [-0.1, -0.05) is 32.8 Å². The number of carboxylic acids is 1. The SMILES string of the molecule is CCC(CC)CC(=O)NC(CCN(CCCCc1ccc2c(n1)NCCC2)CC(=O)OC(C)(C)C)C(=O)O. The van der Waals surface area contributed by atoms with Crippen LogP contribution in [0.15, 0.2) is 12.1 Å². The molecule has 0 bridgehead atoms. The van der Waals surface area contributed by atoms with Crippen LogP contribution < -0.4 is 10.6 Å². The third kappa shape index (κ3) is 11.8.